The molecule has 5 aliphatic rings. The molecule has 0 bridgehead atoms. The molecule has 5 fully saturated rings. The molecule has 1 aromatic heterocycles. The first-order valence-corrected chi connectivity index (χ1v) is 21.3. The molecule has 2 aliphatic heterocycles. The number of benzene rings is 1. The minimum absolute atomic E-state index is 0.00326. The Labute approximate surface area is 345 Å². The van der Waals surface area contributed by atoms with E-state index in [0.29, 0.717) is 77.7 Å². The molecule has 2 saturated heterocycles. The minimum atomic E-state index is -1.40. The number of fused-ring (bicyclic) bond motifs is 2. The Morgan fingerprint density at radius 2 is 1.78 bits per heavy atom. The number of carbonyl (C=O) groups excluding carboxylic acids is 3. The van der Waals surface area contributed by atoms with Crippen LogP contribution in [-0.2, 0) is 23.9 Å². The Hall–Kier alpha value is -4.08. The standard InChI is InChI=1S/C42H59ClN6O9/c1-7-26-21-42(26,39(52)53)47-37(50)30-19-28(22-49(30)38(51)36(41(4,5)6)46-40(54)58-27-17-24-16-25(24)18-27)57-32-20-33(44-23(2)3)45-35-29(32)8-9-31(34(35)43)56-15-12-48-10-13-55-14-11-48/h8-9,20,23-28,30,36H,7,10-19,21-22H2,1-6H3,(H,44,45)(H,46,54)(H,47,50)(H,52,53)/t24-,25+,26-,27?,28-,30+,36-,42-/m1/s1. The van der Waals surface area contributed by atoms with Crippen LogP contribution in [0.1, 0.15) is 80.1 Å². The van der Waals surface area contributed by atoms with Crippen molar-refractivity contribution in [2.24, 2.45) is 23.2 Å². The summed E-state index contributed by atoms with van der Waals surface area (Å²) in [6, 6.07) is 3.30. The van der Waals surface area contributed by atoms with Gasteiger partial charge in [0.2, 0.25) is 11.8 Å². The lowest BCUT2D eigenvalue weighted by Gasteiger charge is -2.35. The summed E-state index contributed by atoms with van der Waals surface area (Å²) in [5.41, 5.74) is -1.70. The van der Waals surface area contributed by atoms with Crippen LogP contribution in [0.25, 0.3) is 10.9 Å². The van der Waals surface area contributed by atoms with Crippen molar-refractivity contribution < 1.29 is 43.2 Å². The van der Waals surface area contributed by atoms with Crippen molar-refractivity contribution in [3.63, 3.8) is 0 Å². The van der Waals surface area contributed by atoms with Crippen molar-refractivity contribution in [2.45, 2.75) is 116 Å². The average molecular weight is 827 g/mol. The number of hydrogen-bond acceptors (Lipinski definition) is 11. The summed E-state index contributed by atoms with van der Waals surface area (Å²) in [5.74, 6) is 0.265. The fourth-order valence-electron chi connectivity index (χ4n) is 8.92. The second-order valence-corrected chi connectivity index (χ2v) is 18.5. The number of carboxylic acid groups (broad SMARTS) is 1. The molecule has 3 aliphatic carbocycles. The molecule has 2 aromatic rings. The molecule has 0 radical (unpaired) electrons. The summed E-state index contributed by atoms with van der Waals surface area (Å²) in [6.45, 7) is 15.6. The summed E-state index contributed by atoms with van der Waals surface area (Å²) in [5, 5.41) is 20.1. The number of rotatable bonds is 15. The number of amides is 3. The first kappa shape index (κ1) is 42.1. The van der Waals surface area contributed by atoms with Gasteiger partial charge in [-0.05, 0) is 74.8 Å². The van der Waals surface area contributed by atoms with Gasteiger partial charge in [0.05, 0.1) is 25.3 Å². The highest BCUT2D eigenvalue weighted by Gasteiger charge is 2.61. The lowest BCUT2D eigenvalue weighted by atomic mass is 9.85. The molecule has 4 N–H and O–H groups in total. The summed E-state index contributed by atoms with van der Waals surface area (Å²) < 4.78 is 24.1. The van der Waals surface area contributed by atoms with E-state index < -0.39 is 53.0 Å². The number of halogens is 1. The van der Waals surface area contributed by atoms with Crippen LogP contribution >= 0.6 is 11.6 Å². The van der Waals surface area contributed by atoms with Gasteiger partial charge in [-0.2, -0.15) is 0 Å². The van der Waals surface area contributed by atoms with Crippen LogP contribution in [-0.4, -0.2) is 126 Å². The SMILES string of the molecule is CC[C@@H]1C[C@]1(NC(=O)[C@@H]1C[C@@H](Oc2cc(NC(C)C)nc3c(Cl)c(OCCN4CCOCC4)ccc23)CN1C(=O)[C@@H](NC(=O)OC1C[C@@H]2C[C@@H]2C1)C(C)(C)C)C(=O)O. The maximum Gasteiger partial charge on any atom is 0.408 e. The van der Waals surface area contributed by atoms with Crippen LogP contribution in [0.15, 0.2) is 18.2 Å². The van der Waals surface area contributed by atoms with Gasteiger partial charge in [0.25, 0.3) is 0 Å². The normalized spacial score (nSPS) is 28.4. The summed E-state index contributed by atoms with van der Waals surface area (Å²) >= 11 is 6.99. The molecule has 0 spiro atoms. The Balaban J connectivity index is 1.14. The number of aromatic nitrogens is 1. The molecular formula is C42H59ClN6O9. The van der Waals surface area contributed by atoms with Crippen molar-refractivity contribution >= 4 is 52.2 Å². The van der Waals surface area contributed by atoms with E-state index in [1.165, 1.54) is 11.3 Å². The van der Waals surface area contributed by atoms with Crippen molar-refractivity contribution in [3.8, 4) is 11.5 Å². The lowest BCUT2D eigenvalue weighted by Crippen LogP contribution is -2.59. The second kappa shape index (κ2) is 16.9. The van der Waals surface area contributed by atoms with Gasteiger partial charge in [-0.1, -0.05) is 45.7 Å². The Bertz CT molecular complexity index is 1880. The predicted molar refractivity (Wildman–Crippen MR) is 217 cm³/mol. The predicted octanol–water partition coefficient (Wildman–Crippen LogP) is 5.08. The van der Waals surface area contributed by atoms with Gasteiger partial charge in [0.1, 0.15) is 58.8 Å². The fourth-order valence-corrected chi connectivity index (χ4v) is 9.18. The number of carboxylic acids is 1. The van der Waals surface area contributed by atoms with Crippen molar-refractivity contribution in [3.05, 3.63) is 23.2 Å². The molecule has 16 heteroatoms. The van der Waals surface area contributed by atoms with Crippen LogP contribution in [0.2, 0.25) is 5.02 Å². The van der Waals surface area contributed by atoms with Gasteiger partial charge in [0, 0.05) is 43.5 Å². The first-order chi connectivity index (χ1) is 27.6. The second-order valence-electron chi connectivity index (χ2n) is 18.1. The Morgan fingerprint density at radius 3 is 2.41 bits per heavy atom. The average Bonchev–Trinajstić information content (AvgIpc) is 3.98. The molecule has 3 amide bonds. The van der Waals surface area contributed by atoms with E-state index in [9.17, 15) is 24.3 Å². The van der Waals surface area contributed by atoms with E-state index in [-0.39, 0.29) is 31.0 Å². The monoisotopic (exact) mass is 826 g/mol. The molecule has 1 aromatic carbocycles. The van der Waals surface area contributed by atoms with Crippen LogP contribution in [0.4, 0.5) is 10.6 Å². The highest BCUT2D eigenvalue weighted by Crippen LogP contribution is 2.52. The van der Waals surface area contributed by atoms with Crippen molar-refractivity contribution in [1.29, 1.82) is 0 Å². The number of hydrogen-bond donors (Lipinski definition) is 4. The molecule has 7 rings (SSSR count). The summed E-state index contributed by atoms with van der Waals surface area (Å²) in [4.78, 5) is 63.1. The van der Waals surface area contributed by atoms with Gasteiger partial charge >= 0.3 is 12.1 Å². The van der Waals surface area contributed by atoms with Gasteiger partial charge in [0.15, 0.2) is 0 Å². The number of carbonyl (C=O) groups is 4. The molecular weight excluding hydrogens is 768 g/mol. The lowest BCUT2D eigenvalue weighted by molar-refractivity contribution is -0.146. The molecule has 3 saturated carbocycles. The highest BCUT2D eigenvalue weighted by molar-refractivity contribution is 6.36. The number of alkyl carbamates (subject to hydrolysis) is 1. The highest BCUT2D eigenvalue weighted by atomic mass is 35.5. The third kappa shape index (κ3) is 9.21. The zero-order valence-corrected chi connectivity index (χ0v) is 35.2. The number of pyridine rings is 1. The number of ether oxygens (including phenoxy) is 4. The Kier molecular flexibility index (Phi) is 12.2. The van der Waals surface area contributed by atoms with Crippen LogP contribution < -0.4 is 25.4 Å². The summed E-state index contributed by atoms with van der Waals surface area (Å²) in [6.07, 6.45) is 2.25. The largest absolute Gasteiger partial charge is 0.491 e. The molecule has 58 heavy (non-hydrogen) atoms. The van der Waals surface area contributed by atoms with E-state index >= 15 is 0 Å². The van der Waals surface area contributed by atoms with Crippen LogP contribution in [0, 0.1) is 23.2 Å². The van der Waals surface area contributed by atoms with Gasteiger partial charge < -0.3 is 44.9 Å². The smallest absolute Gasteiger partial charge is 0.408 e. The zero-order chi connectivity index (χ0) is 41.5. The number of aliphatic carboxylic acids is 1. The number of nitrogens with zero attached hydrogens (tertiary/aromatic N) is 3. The van der Waals surface area contributed by atoms with Gasteiger partial charge in [-0.15, -0.1) is 0 Å². The Morgan fingerprint density at radius 1 is 1.05 bits per heavy atom. The third-order valence-corrected chi connectivity index (χ3v) is 12.7. The van der Waals surface area contributed by atoms with Gasteiger partial charge in [-0.25, -0.2) is 14.6 Å². The number of nitrogens with one attached hydrogen (secondary N) is 3. The fraction of sp³-hybridized carbons (Fsp3) is 0.690. The van der Waals surface area contributed by atoms with Crippen LogP contribution in [0.3, 0.4) is 0 Å². The molecule has 1 unspecified atom stereocenters. The minimum Gasteiger partial charge on any atom is -0.491 e. The van der Waals surface area contributed by atoms with E-state index in [2.05, 4.69) is 20.9 Å². The maximum absolute atomic E-state index is 14.7. The molecule has 8 atom stereocenters. The molecule has 318 valence electrons. The van der Waals surface area contributed by atoms with E-state index in [4.69, 9.17) is 35.5 Å². The van der Waals surface area contributed by atoms with E-state index in [1.807, 2.05) is 47.6 Å². The number of likely N-dealkylation sites (tertiary alicyclic amines) is 1. The topological polar surface area (TPSA) is 181 Å². The first-order valence-electron chi connectivity index (χ1n) is 20.9. The quantitative estimate of drug-likeness (QED) is 0.188. The molecule has 3 heterocycles. The molecule has 15 nitrogen and oxygen atoms in total. The number of anilines is 1. The van der Waals surface area contributed by atoms with Crippen molar-refractivity contribution in [2.75, 3.05) is 51.3 Å². The maximum atomic E-state index is 14.7. The number of morpholine rings is 1. The van der Waals surface area contributed by atoms with Gasteiger partial charge in [-0.3, -0.25) is 14.5 Å². The van der Waals surface area contributed by atoms with Crippen molar-refractivity contribution in [1.82, 2.24) is 25.4 Å². The zero-order valence-electron chi connectivity index (χ0n) is 34.5. The summed E-state index contributed by atoms with van der Waals surface area (Å²) in [7, 11) is 0. The third-order valence-electron chi connectivity index (χ3n) is 12.4. The van der Waals surface area contributed by atoms with E-state index in [0.717, 1.165) is 32.5 Å². The van der Waals surface area contributed by atoms with E-state index in [1.54, 1.807) is 12.1 Å². The van der Waals surface area contributed by atoms with Crippen LogP contribution in [0.5, 0.6) is 11.5 Å².